The molecule has 0 radical (unpaired) electrons. The summed E-state index contributed by atoms with van der Waals surface area (Å²) in [5.41, 5.74) is 2.51. The number of nitrogens with one attached hydrogen (secondary N) is 1. The molecule has 0 fully saturated rings. The van der Waals surface area contributed by atoms with Gasteiger partial charge in [0.2, 0.25) is 0 Å². The van der Waals surface area contributed by atoms with Crippen LogP contribution in [-0.2, 0) is 6.42 Å². The fourth-order valence-corrected chi connectivity index (χ4v) is 2.46. The van der Waals surface area contributed by atoms with Crippen LogP contribution in [0.2, 0.25) is 0 Å². The van der Waals surface area contributed by atoms with Crippen molar-refractivity contribution in [3.63, 3.8) is 0 Å². The molecular weight excluding hydrogens is 230 g/mol. The highest BCUT2D eigenvalue weighted by molar-refractivity contribution is 9.10. The standard InChI is InChI=1S/C10H12BrNO/c1-7-8-3-2-4-10(11)9(8)5-6-12(7)13/h2-4,7,12H,5-6H2,1H3. The van der Waals surface area contributed by atoms with E-state index in [4.69, 9.17) is 0 Å². The van der Waals surface area contributed by atoms with Crippen LogP contribution < -0.4 is 5.06 Å². The maximum atomic E-state index is 11.5. The quantitative estimate of drug-likeness (QED) is 0.685. The molecule has 1 aromatic carbocycles. The molecule has 0 amide bonds. The molecule has 0 aliphatic carbocycles. The van der Waals surface area contributed by atoms with E-state index in [1.807, 2.05) is 19.1 Å². The van der Waals surface area contributed by atoms with E-state index in [1.54, 1.807) is 0 Å². The molecule has 2 rings (SSSR count). The third kappa shape index (κ3) is 1.52. The van der Waals surface area contributed by atoms with Gasteiger partial charge in [-0.3, -0.25) is 0 Å². The van der Waals surface area contributed by atoms with E-state index in [0.717, 1.165) is 10.9 Å². The van der Waals surface area contributed by atoms with Gasteiger partial charge in [0.25, 0.3) is 0 Å². The highest BCUT2D eigenvalue weighted by Gasteiger charge is 2.23. The average molecular weight is 242 g/mol. The van der Waals surface area contributed by atoms with Crippen molar-refractivity contribution in [1.29, 1.82) is 0 Å². The van der Waals surface area contributed by atoms with Gasteiger partial charge in [0.1, 0.15) is 6.04 Å². The minimum Gasteiger partial charge on any atom is -0.634 e. The van der Waals surface area contributed by atoms with Gasteiger partial charge in [0.05, 0.1) is 6.54 Å². The van der Waals surface area contributed by atoms with Crippen molar-refractivity contribution < 1.29 is 5.06 Å². The van der Waals surface area contributed by atoms with Crippen molar-refractivity contribution in [2.75, 3.05) is 6.54 Å². The number of fused-ring (bicyclic) bond motifs is 1. The summed E-state index contributed by atoms with van der Waals surface area (Å²) in [6.07, 6.45) is 0.889. The maximum Gasteiger partial charge on any atom is 0.110 e. The summed E-state index contributed by atoms with van der Waals surface area (Å²) in [5, 5.41) is 11.8. The van der Waals surface area contributed by atoms with E-state index in [0.29, 0.717) is 11.6 Å². The SMILES string of the molecule is CC1c2cccc(Br)c2CC[NH+]1[O-]. The second-order valence-electron chi connectivity index (χ2n) is 3.50. The van der Waals surface area contributed by atoms with Gasteiger partial charge in [0.15, 0.2) is 0 Å². The second kappa shape index (κ2) is 3.40. The van der Waals surface area contributed by atoms with E-state index >= 15 is 0 Å². The zero-order valence-corrected chi connectivity index (χ0v) is 9.10. The Labute approximate surface area is 86.3 Å². The molecule has 1 aromatic rings. The van der Waals surface area contributed by atoms with Crippen LogP contribution in [0.3, 0.4) is 0 Å². The molecule has 2 unspecified atom stereocenters. The van der Waals surface area contributed by atoms with E-state index in [-0.39, 0.29) is 6.04 Å². The predicted octanol–water partition coefficient (Wildman–Crippen LogP) is 1.45. The predicted molar refractivity (Wildman–Crippen MR) is 55.5 cm³/mol. The number of hydrogen-bond acceptors (Lipinski definition) is 1. The highest BCUT2D eigenvalue weighted by Crippen LogP contribution is 2.26. The number of rotatable bonds is 0. The Kier molecular flexibility index (Phi) is 2.41. The third-order valence-corrected chi connectivity index (χ3v) is 3.47. The van der Waals surface area contributed by atoms with Crippen molar-refractivity contribution in [3.05, 3.63) is 39.0 Å². The van der Waals surface area contributed by atoms with Crippen LogP contribution in [0, 0.1) is 5.21 Å². The van der Waals surface area contributed by atoms with Crippen molar-refractivity contribution in [3.8, 4) is 0 Å². The lowest BCUT2D eigenvalue weighted by atomic mass is 9.95. The molecule has 2 nitrogen and oxygen atoms in total. The second-order valence-corrected chi connectivity index (χ2v) is 4.35. The van der Waals surface area contributed by atoms with Gasteiger partial charge in [-0.15, -0.1) is 0 Å². The Morgan fingerprint density at radius 3 is 3.08 bits per heavy atom. The lowest BCUT2D eigenvalue weighted by Gasteiger charge is -2.35. The topological polar surface area (TPSA) is 27.5 Å². The number of quaternary nitrogens is 1. The molecule has 0 bridgehead atoms. The van der Waals surface area contributed by atoms with Crippen LogP contribution in [0.5, 0.6) is 0 Å². The van der Waals surface area contributed by atoms with Crippen LogP contribution in [0.1, 0.15) is 24.1 Å². The minimum atomic E-state index is 0.0845. The lowest BCUT2D eigenvalue weighted by Crippen LogP contribution is -3.08. The Balaban J connectivity index is 2.49. The van der Waals surface area contributed by atoms with Gasteiger partial charge >= 0.3 is 0 Å². The minimum absolute atomic E-state index is 0.0845. The van der Waals surface area contributed by atoms with Crippen LogP contribution in [0.25, 0.3) is 0 Å². The molecule has 13 heavy (non-hydrogen) atoms. The summed E-state index contributed by atoms with van der Waals surface area (Å²) < 4.78 is 1.14. The lowest BCUT2D eigenvalue weighted by molar-refractivity contribution is -0.882. The molecule has 0 spiro atoms. The molecule has 3 heteroatoms. The normalized spacial score (nSPS) is 27.0. The Morgan fingerprint density at radius 1 is 1.54 bits per heavy atom. The molecule has 1 aliphatic rings. The van der Waals surface area contributed by atoms with Gasteiger partial charge in [-0.2, -0.15) is 0 Å². The Bertz CT molecular complexity index is 327. The van der Waals surface area contributed by atoms with Crippen molar-refractivity contribution >= 4 is 15.9 Å². The molecule has 0 aromatic heterocycles. The monoisotopic (exact) mass is 241 g/mol. The molecule has 1 aliphatic heterocycles. The number of hydrogen-bond donors (Lipinski definition) is 1. The summed E-state index contributed by atoms with van der Waals surface area (Å²) in [6, 6.07) is 6.18. The summed E-state index contributed by atoms with van der Waals surface area (Å²) in [5.74, 6) is 0. The molecular formula is C10H12BrNO. The van der Waals surface area contributed by atoms with E-state index in [2.05, 4.69) is 22.0 Å². The summed E-state index contributed by atoms with van der Waals surface area (Å²) >= 11 is 3.52. The fourth-order valence-electron chi connectivity index (χ4n) is 1.88. The fraction of sp³-hybridized carbons (Fsp3) is 0.400. The summed E-state index contributed by atoms with van der Waals surface area (Å²) in [7, 11) is 0. The van der Waals surface area contributed by atoms with Crippen LogP contribution in [0.15, 0.2) is 22.7 Å². The number of hydroxylamine groups is 2. The first kappa shape index (κ1) is 9.19. The summed E-state index contributed by atoms with van der Waals surface area (Å²) in [4.78, 5) is 0. The average Bonchev–Trinajstić information content (AvgIpc) is 2.12. The molecule has 70 valence electrons. The van der Waals surface area contributed by atoms with E-state index in [9.17, 15) is 5.21 Å². The molecule has 2 atom stereocenters. The zero-order valence-electron chi connectivity index (χ0n) is 7.51. The number of benzene rings is 1. The van der Waals surface area contributed by atoms with Gasteiger partial charge in [-0.25, -0.2) is 0 Å². The van der Waals surface area contributed by atoms with Gasteiger partial charge < -0.3 is 10.3 Å². The molecule has 0 saturated heterocycles. The largest absolute Gasteiger partial charge is 0.634 e. The van der Waals surface area contributed by atoms with Gasteiger partial charge in [0, 0.05) is 16.5 Å². The first-order chi connectivity index (χ1) is 6.20. The van der Waals surface area contributed by atoms with Crippen LogP contribution in [0.4, 0.5) is 0 Å². The maximum absolute atomic E-state index is 11.5. The smallest absolute Gasteiger partial charge is 0.110 e. The van der Waals surface area contributed by atoms with Gasteiger partial charge in [-0.05, 0) is 18.6 Å². The van der Waals surface area contributed by atoms with Crippen molar-refractivity contribution in [1.82, 2.24) is 0 Å². The summed E-state index contributed by atoms with van der Waals surface area (Å²) in [6.45, 7) is 2.68. The molecule has 1 heterocycles. The highest BCUT2D eigenvalue weighted by atomic mass is 79.9. The van der Waals surface area contributed by atoms with Crippen molar-refractivity contribution in [2.45, 2.75) is 19.4 Å². The van der Waals surface area contributed by atoms with Crippen molar-refractivity contribution in [2.24, 2.45) is 0 Å². The zero-order chi connectivity index (χ0) is 9.42. The third-order valence-electron chi connectivity index (χ3n) is 2.73. The molecule has 1 N–H and O–H groups in total. The van der Waals surface area contributed by atoms with E-state index in [1.165, 1.54) is 11.1 Å². The first-order valence-electron chi connectivity index (χ1n) is 4.50. The Morgan fingerprint density at radius 2 is 2.31 bits per heavy atom. The van der Waals surface area contributed by atoms with Crippen LogP contribution in [-0.4, -0.2) is 6.54 Å². The first-order valence-corrected chi connectivity index (χ1v) is 5.29. The van der Waals surface area contributed by atoms with Gasteiger partial charge in [-0.1, -0.05) is 28.1 Å². The number of halogens is 1. The van der Waals surface area contributed by atoms with Crippen LogP contribution >= 0.6 is 15.9 Å². The Hall–Kier alpha value is -0.380. The van der Waals surface area contributed by atoms with E-state index < -0.39 is 0 Å². The molecule has 0 saturated carbocycles.